The van der Waals surface area contributed by atoms with E-state index in [1.807, 2.05) is 28.8 Å². The van der Waals surface area contributed by atoms with Gasteiger partial charge in [0.2, 0.25) is 0 Å². The molecule has 22 heavy (non-hydrogen) atoms. The Kier molecular flexibility index (Phi) is 3.83. The summed E-state index contributed by atoms with van der Waals surface area (Å²) in [7, 11) is 1.77. The molecule has 0 spiro atoms. The number of carbonyl (C=O) groups excluding carboxylic acids is 1. The normalized spacial score (nSPS) is 16.5. The molecule has 0 bridgehead atoms. The zero-order valence-corrected chi connectivity index (χ0v) is 13.1. The summed E-state index contributed by atoms with van der Waals surface area (Å²) in [5, 5.41) is 8.03. The first-order valence-electron chi connectivity index (χ1n) is 7.44. The van der Waals surface area contributed by atoms with Gasteiger partial charge in [-0.15, -0.1) is 10.2 Å². The third kappa shape index (κ3) is 2.68. The summed E-state index contributed by atoms with van der Waals surface area (Å²) in [6, 6.07) is 8.04. The summed E-state index contributed by atoms with van der Waals surface area (Å²) in [6.07, 6.45) is 1.87. The third-order valence-corrected chi connectivity index (χ3v) is 3.88. The molecule has 0 radical (unpaired) electrons. The number of ether oxygens (including phenoxy) is 1. The lowest BCUT2D eigenvalue weighted by molar-refractivity contribution is -0.137. The second-order valence-electron chi connectivity index (χ2n) is 5.86. The maximum absolute atomic E-state index is 12.6. The van der Waals surface area contributed by atoms with E-state index in [0.717, 1.165) is 17.1 Å². The first-order valence-corrected chi connectivity index (χ1v) is 7.44. The summed E-state index contributed by atoms with van der Waals surface area (Å²) < 4.78 is 7.72. The van der Waals surface area contributed by atoms with E-state index in [9.17, 15) is 4.79 Å². The van der Waals surface area contributed by atoms with Gasteiger partial charge in [0.25, 0.3) is 5.91 Å². The molecule has 1 amide bonds. The fraction of sp³-hybridized carbons (Fsp3) is 0.438. The molecule has 0 fully saturated rings. The van der Waals surface area contributed by atoms with Gasteiger partial charge in [-0.2, -0.15) is 0 Å². The van der Waals surface area contributed by atoms with Crippen molar-refractivity contribution in [3.8, 4) is 5.75 Å². The quantitative estimate of drug-likeness (QED) is 0.864. The van der Waals surface area contributed by atoms with E-state index in [4.69, 9.17) is 4.74 Å². The van der Waals surface area contributed by atoms with Crippen LogP contribution in [0.15, 0.2) is 30.6 Å². The van der Waals surface area contributed by atoms with Crippen LogP contribution in [0.1, 0.15) is 31.3 Å². The van der Waals surface area contributed by atoms with Crippen molar-refractivity contribution in [2.45, 2.75) is 39.0 Å². The molecule has 2 heterocycles. The van der Waals surface area contributed by atoms with Gasteiger partial charge in [-0.1, -0.05) is 18.2 Å². The van der Waals surface area contributed by atoms with E-state index in [1.54, 1.807) is 18.3 Å². The smallest absolute Gasteiger partial charge is 0.264 e. The SMILES string of the molecule is CC(C)n1cnnc1CN(C)C(=O)C1Cc2ccccc2O1. The number of likely N-dealkylation sites (N-methyl/N-ethyl adjacent to an activating group) is 1. The Balaban J connectivity index is 1.67. The molecule has 6 nitrogen and oxygen atoms in total. The van der Waals surface area contributed by atoms with Gasteiger partial charge in [0.1, 0.15) is 12.1 Å². The summed E-state index contributed by atoms with van der Waals surface area (Å²) in [5.74, 6) is 1.55. The zero-order chi connectivity index (χ0) is 15.7. The second-order valence-corrected chi connectivity index (χ2v) is 5.86. The highest BCUT2D eigenvalue weighted by Gasteiger charge is 2.31. The molecule has 1 aliphatic heterocycles. The Morgan fingerprint density at radius 1 is 1.45 bits per heavy atom. The number of fused-ring (bicyclic) bond motifs is 1. The van der Waals surface area contributed by atoms with Crippen molar-refractivity contribution >= 4 is 5.91 Å². The highest BCUT2D eigenvalue weighted by Crippen LogP contribution is 2.28. The topological polar surface area (TPSA) is 60.2 Å². The summed E-state index contributed by atoms with van der Waals surface area (Å²) in [5.41, 5.74) is 1.08. The fourth-order valence-electron chi connectivity index (χ4n) is 2.67. The van der Waals surface area contributed by atoms with Crippen molar-refractivity contribution < 1.29 is 9.53 Å². The molecule has 6 heteroatoms. The van der Waals surface area contributed by atoms with Crippen LogP contribution in [0.5, 0.6) is 5.75 Å². The molecule has 2 aromatic rings. The summed E-state index contributed by atoms with van der Waals surface area (Å²) in [6.45, 7) is 4.55. The lowest BCUT2D eigenvalue weighted by Crippen LogP contribution is -2.39. The number of rotatable bonds is 4. The minimum Gasteiger partial charge on any atom is -0.480 e. The number of hydrogen-bond donors (Lipinski definition) is 0. The first-order chi connectivity index (χ1) is 10.6. The monoisotopic (exact) mass is 300 g/mol. The minimum absolute atomic E-state index is 0.0329. The number of para-hydroxylation sites is 1. The molecule has 0 saturated heterocycles. The van der Waals surface area contributed by atoms with E-state index < -0.39 is 6.10 Å². The number of carbonyl (C=O) groups is 1. The van der Waals surface area contributed by atoms with Crippen molar-refractivity contribution in [1.29, 1.82) is 0 Å². The second kappa shape index (κ2) is 5.79. The van der Waals surface area contributed by atoms with Crippen molar-refractivity contribution in [3.05, 3.63) is 42.0 Å². The highest BCUT2D eigenvalue weighted by atomic mass is 16.5. The molecule has 0 saturated carbocycles. The Labute approximate surface area is 129 Å². The van der Waals surface area contributed by atoms with Gasteiger partial charge in [-0.05, 0) is 25.5 Å². The fourth-order valence-corrected chi connectivity index (χ4v) is 2.67. The predicted molar refractivity (Wildman–Crippen MR) is 81.4 cm³/mol. The molecule has 1 aromatic heterocycles. The van der Waals surface area contributed by atoms with Crippen LogP contribution in [-0.4, -0.2) is 38.7 Å². The van der Waals surface area contributed by atoms with Gasteiger partial charge in [0, 0.05) is 19.5 Å². The maximum Gasteiger partial charge on any atom is 0.264 e. The Hall–Kier alpha value is -2.37. The lowest BCUT2D eigenvalue weighted by Gasteiger charge is -2.21. The van der Waals surface area contributed by atoms with Crippen LogP contribution in [-0.2, 0) is 17.8 Å². The molecule has 116 valence electrons. The van der Waals surface area contributed by atoms with Crippen LogP contribution >= 0.6 is 0 Å². The van der Waals surface area contributed by atoms with Crippen LogP contribution in [0.25, 0.3) is 0 Å². The molecule has 1 unspecified atom stereocenters. The lowest BCUT2D eigenvalue weighted by atomic mass is 10.1. The molecule has 0 aliphatic carbocycles. The Morgan fingerprint density at radius 2 is 2.23 bits per heavy atom. The van der Waals surface area contributed by atoms with Gasteiger partial charge < -0.3 is 14.2 Å². The van der Waals surface area contributed by atoms with Crippen molar-refractivity contribution in [2.75, 3.05) is 7.05 Å². The maximum atomic E-state index is 12.6. The minimum atomic E-state index is -0.446. The van der Waals surface area contributed by atoms with Gasteiger partial charge in [0.15, 0.2) is 11.9 Å². The molecule has 1 aromatic carbocycles. The predicted octanol–water partition coefficient (Wildman–Crippen LogP) is 1.82. The van der Waals surface area contributed by atoms with E-state index in [2.05, 4.69) is 24.0 Å². The number of amides is 1. The van der Waals surface area contributed by atoms with Crippen LogP contribution in [0, 0.1) is 0 Å². The summed E-state index contributed by atoms with van der Waals surface area (Å²) in [4.78, 5) is 14.2. The van der Waals surface area contributed by atoms with E-state index in [-0.39, 0.29) is 11.9 Å². The number of benzene rings is 1. The third-order valence-electron chi connectivity index (χ3n) is 3.88. The van der Waals surface area contributed by atoms with Crippen molar-refractivity contribution in [3.63, 3.8) is 0 Å². The number of hydrogen-bond acceptors (Lipinski definition) is 4. The van der Waals surface area contributed by atoms with Crippen LogP contribution in [0.3, 0.4) is 0 Å². The molecular formula is C16H20N4O2. The van der Waals surface area contributed by atoms with Gasteiger partial charge in [-0.25, -0.2) is 0 Å². The molecule has 3 rings (SSSR count). The van der Waals surface area contributed by atoms with E-state index in [0.29, 0.717) is 13.0 Å². The molecule has 1 aliphatic rings. The molecule has 1 atom stereocenters. The van der Waals surface area contributed by atoms with Crippen molar-refractivity contribution in [2.24, 2.45) is 0 Å². The van der Waals surface area contributed by atoms with E-state index >= 15 is 0 Å². The van der Waals surface area contributed by atoms with Crippen LogP contribution in [0.2, 0.25) is 0 Å². The summed E-state index contributed by atoms with van der Waals surface area (Å²) >= 11 is 0. The number of nitrogens with zero attached hydrogens (tertiary/aromatic N) is 4. The van der Waals surface area contributed by atoms with Gasteiger partial charge in [-0.3, -0.25) is 4.79 Å². The Bertz CT molecular complexity index is 655. The van der Waals surface area contributed by atoms with Gasteiger partial charge in [0.05, 0.1) is 6.54 Å². The van der Waals surface area contributed by atoms with Crippen molar-refractivity contribution in [1.82, 2.24) is 19.7 Å². The van der Waals surface area contributed by atoms with E-state index in [1.165, 1.54) is 0 Å². The van der Waals surface area contributed by atoms with Gasteiger partial charge >= 0.3 is 0 Å². The molecular weight excluding hydrogens is 280 g/mol. The largest absolute Gasteiger partial charge is 0.480 e. The number of aromatic nitrogens is 3. The molecule has 0 N–H and O–H groups in total. The highest BCUT2D eigenvalue weighted by molar-refractivity contribution is 5.82. The zero-order valence-electron chi connectivity index (χ0n) is 13.1. The van der Waals surface area contributed by atoms with Crippen LogP contribution < -0.4 is 4.74 Å². The van der Waals surface area contributed by atoms with Crippen LogP contribution in [0.4, 0.5) is 0 Å². The average Bonchev–Trinajstić information content (AvgIpc) is 3.12. The Morgan fingerprint density at radius 3 is 2.95 bits per heavy atom. The standard InChI is InChI=1S/C16H20N4O2/c1-11(2)20-10-17-18-15(20)9-19(3)16(21)14-8-12-6-4-5-7-13(12)22-14/h4-7,10-11,14H,8-9H2,1-3H3. The first kappa shape index (κ1) is 14.6. The average molecular weight is 300 g/mol.